The molecule has 0 spiro atoms. The topological polar surface area (TPSA) is 74.2 Å². The Morgan fingerprint density at radius 2 is 2.26 bits per heavy atom. The van der Waals surface area contributed by atoms with Gasteiger partial charge in [0.2, 0.25) is 5.89 Å². The average molecular weight is 365 g/mol. The number of halogens is 2. The molecule has 2 N–H and O–H groups in total. The lowest BCUT2D eigenvalue weighted by Crippen LogP contribution is -2.00. The maximum absolute atomic E-state index is 5.85. The molecule has 2 rings (SSSR count). The molecule has 1 aromatic heterocycles. The van der Waals surface area contributed by atoms with E-state index in [0.29, 0.717) is 28.5 Å². The maximum atomic E-state index is 5.85. The van der Waals surface area contributed by atoms with Crippen molar-refractivity contribution in [1.29, 1.82) is 0 Å². The smallest absolute Gasteiger partial charge is 0.276 e. The van der Waals surface area contributed by atoms with Gasteiger partial charge in [-0.3, -0.25) is 0 Å². The van der Waals surface area contributed by atoms with E-state index in [9.17, 15) is 0 Å². The number of rotatable bonds is 6. The van der Waals surface area contributed by atoms with Gasteiger partial charge < -0.3 is 14.9 Å². The lowest BCUT2D eigenvalue weighted by Gasteiger charge is -2.07. The number of nitrogens with zero attached hydrogens (tertiary/aromatic N) is 2. The maximum Gasteiger partial charge on any atom is 0.276 e. The zero-order valence-corrected chi connectivity index (χ0v) is 13.0. The second-order valence-corrected chi connectivity index (χ2v) is 5.77. The predicted octanol–water partition coefficient (Wildman–Crippen LogP) is 3.12. The normalized spacial score (nSPS) is 10.7. The molecular formula is C11H11BrClN3O2S. The molecule has 1 heterocycles. The van der Waals surface area contributed by atoms with Crippen LogP contribution in [-0.2, 0) is 6.54 Å². The van der Waals surface area contributed by atoms with Gasteiger partial charge in [0.25, 0.3) is 5.22 Å². The van der Waals surface area contributed by atoms with E-state index < -0.39 is 0 Å². The Morgan fingerprint density at radius 1 is 1.42 bits per heavy atom. The minimum atomic E-state index is 0.252. The fraction of sp³-hybridized carbons (Fsp3) is 0.273. The Bertz CT molecular complexity index is 552. The van der Waals surface area contributed by atoms with Gasteiger partial charge in [-0.15, -0.1) is 10.2 Å². The summed E-state index contributed by atoms with van der Waals surface area (Å²) in [5.74, 6) is 1.88. The van der Waals surface area contributed by atoms with E-state index in [1.807, 2.05) is 6.07 Å². The SMILES string of the molecule is NCc1nnc(SCCOc2ccc(Cl)cc2Br)o1. The molecule has 0 unspecified atom stereocenters. The van der Waals surface area contributed by atoms with Gasteiger partial charge in [0, 0.05) is 10.8 Å². The van der Waals surface area contributed by atoms with Crippen LogP contribution in [0.4, 0.5) is 0 Å². The van der Waals surface area contributed by atoms with Gasteiger partial charge in [0.1, 0.15) is 5.75 Å². The van der Waals surface area contributed by atoms with Crippen molar-refractivity contribution < 1.29 is 9.15 Å². The standard InChI is InChI=1S/C11H11BrClN3O2S/c12-8-5-7(13)1-2-9(8)17-3-4-19-11-16-15-10(6-14)18-11/h1-2,5H,3-4,6,14H2. The minimum absolute atomic E-state index is 0.252. The first-order valence-corrected chi connectivity index (χ1v) is 7.58. The Balaban J connectivity index is 1.77. The second-order valence-electron chi connectivity index (χ2n) is 3.44. The van der Waals surface area contributed by atoms with Crippen molar-refractivity contribution in [2.45, 2.75) is 11.8 Å². The fourth-order valence-corrected chi connectivity index (χ4v) is 2.64. The zero-order valence-electron chi connectivity index (χ0n) is 9.81. The Kier molecular flexibility index (Phi) is 5.50. The first-order chi connectivity index (χ1) is 9.19. The van der Waals surface area contributed by atoms with Crippen LogP contribution in [0.2, 0.25) is 5.02 Å². The molecule has 0 atom stereocenters. The van der Waals surface area contributed by atoms with Gasteiger partial charge in [0.15, 0.2) is 0 Å². The van der Waals surface area contributed by atoms with Crippen LogP contribution in [0, 0.1) is 0 Å². The van der Waals surface area contributed by atoms with Gasteiger partial charge >= 0.3 is 0 Å². The summed E-state index contributed by atoms with van der Waals surface area (Å²) in [4.78, 5) is 0. The summed E-state index contributed by atoms with van der Waals surface area (Å²) in [6, 6.07) is 5.38. The molecule has 5 nitrogen and oxygen atoms in total. The van der Waals surface area contributed by atoms with Crippen LogP contribution in [-0.4, -0.2) is 22.6 Å². The van der Waals surface area contributed by atoms with E-state index in [2.05, 4.69) is 26.1 Å². The van der Waals surface area contributed by atoms with Gasteiger partial charge in [-0.1, -0.05) is 23.4 Å². The van der Waals surface area contributed by atoms with Crippen LogP contribution < -0.4 is 10.5 Å². The highest BCUT2D eigenvalue weighted by Crippen LogP contribution is 2.28. The molecule has 0 bridgehead atoms. The summed E-state index contributed by atoms with van der Waals surface area (Å²) in [5, 5.41) is 8.77. The van der Waals surface area contributed by atoms with E-state index in [0.717, 1.165) is 10.2 Å². The summed E-state index contributed by atoms with van der Waals surface area (Å²) in [5.41, 5.74) is 5.38. The van der Waals surface area contributed by atoms with E-state index >= 15 is 0 Å². The van der Waals surface area contributed by atoms with Gasteiger partial charge in [-0.2, -0.15) is 0 Å². The zero-order chi connectivity index (χ0) is 13.7. The first kappa shape index (κ1) is 14.6. The van der Waals surface area contributed by atoms with E-state index in [-0.39, 0.29) is 6.54 Å². The molecule has 0 saturated heterocycles. The molecule has 0 radical (unpaired) electrons. The van der Waals surface area contributed by atoms with E-state index in [4.69, 9.17) is 26.5 Å². The second kappa shape index (κ2) is 7.14. The van der Waals surface area contributed by atoms with Gasteiger partial charge in [-0.05, 0) is 34.1 Å². The molecular weight excluding hydrogens is 354 g/mol. The number of aromatic nitrogens is 2. The van der Waals surface area contributed by atoms with E-state index in [1.165, 1.54) is 11.8 Å². The lowest BCUT2D eigenvalue weighted by atomic mass is 10.3. The third kappa shape index (κ3) is 4.38. The van der Waals surface area contributed by atoms with Crippen LogP contribution in [0.15, 0.2) is 32.3 Å². The number of hydrogen-bond donors (Lipinski definition) is 1. The highest BCUT2D eigenvalue weighted by Gasteiger charge is 2.06. The minimum Gasteiger partial charge on any atom is -0.492 e. The summed E-state index contributed by atoms with van der Waals surface area (Å²) >= 11 is 10.7. The quantitative estimate of drug-likeness (QED) is 0.627. The Morgan fingerprint density at radius 3 is 2.95 bits per heavy atom. The van der Waals surface area contributed by atoms with Crippen LogP contribution >= 0.6 is 39.3 Å². The number of benzene rings is 1. The number of nitrogens with two attached hydrogens (primary N) is 1. The number of ether oxygens (including phenoxy) is 1. The molecule has 19 heavy (non-hydrogen) atoms. The number of thioether (sulfide) groups is 1. The molecule has 0 fully saturated rings. The summed E-state index contributed by atoms with van der Waals surface area (Å²) in [6.45, 7) is 0.771. The highest BCUT2D eigenvalue weighted by molar-refractivity contribution is 9.10. The first-order valence-electron chi connectivity index (χ1n) is 5.42. The molecule has 0 saturated carbocycles. The third-order valence-corrected chi connectivity index (χ3v) is 3.72. The van der Waals surface area contributed by atoms with Crippen molar-refractivity contribution in [1.82, 2.24) is 10.2 Å². The van der Waals surface area contributed by atoms with Crippen LogP contribution in [0.1, 0.15) is 5.89 Å². The predicted molar refractivity (Wildman–Crippen MR) is 77.6 cm³/mol. The Hall–Kier alpha value is -0.760. The fourth-order valence-electron chi connectivity index (χ4n) is 1.25. The molecule has 0 aliphatic rings. The molecule has 1 aromatic carbocycles. The monoisotopic (exact) mass is 363 g/mol. The van der Waals surface area contributed by atoms with Crippen molar-refractivity contribution in [2.75, 3.05) is 12.4 Å². The van der Waals surface area contributed by atoms with Gasteiger partial charge in [0.05, 0.1) is 17.6 Å². The van der Waals surface area contributed by atoms with Crippen molar-refractivity contribution in [3.05, 3.63) is 33.6 Å². The molecule has 2 aromatic rings. The van der Waals surface area contributed by atoms with Gasteiger partial charge in [-0.25, -0.2) is 0 Å². The van der Waals surface area contributed by atoms with Crippen LogP contribution in [0.3, 0.4) is 0 Å². The molecule has 0 aliphatic carbocycles. The number of hydrogen-bond acceptors (Lipinski definition) is 6. The van der Waals surface area contributed by atoms with Crippen molar-refractivity contribution in [2.24, 2.45) is 5.73 Å². The Labute approximate surface area is 128 Å². The molecule has 0 amide bonds. The average Bonchev–Trinajstić information content (AvgIpc) is 2.84. The largest absolute Gasteiger partial charge is 0.492 e. The van der Waals surface area contributed by atoms with Crippen LogP contribution in [0.5, 0.6) is 5.75 Å². The summed E-state index contributed by atoms with van der Waals surface area (Å²) < 4.78 is 11.7. The van der Waals surface area contributed by atoms with E-state index in [1.54, 1.807) is 12.1 Å². The summed E-state index contributed by atoms with van der Waals surface area (Å²) in [6.07, 6.45) is 0. The lowest BCUT2D eigenvalue weighted by molar-refractivity contribution is 0.340. The van der Waals surface area contributed by atoms with Crippen molar-refractivity contribution >= 4 is 39.3 Å². The molecule has 102 valence electrons. The molecule has 0 aliphatic heterocycles. The third-order valence-electron chi connectivity index (χ3n) is 2.08. The van der Waals surface area contributed by atoms with Crippen molar-refractivity contribution in [3.63, 3.8) is 0 Å². The summed E-state index contributed by atoms with van der Waals surface area (Å²) in [7, 11) is 0. The highest BCUT2D eigenvalue weighted by atomic mass is 79.9. The molecule has 8 heteroatoms. The van der Waals surface area contributed by atoms with Crippen LogP contribution in [0.25, 0.3) is 0 Å². The van der Waals surface area contributed by atoms with Crippen molar-refractivity contribution in [3.8, 4) is 5.75 Å².